The van der Waals surface area contributed by atoms with Gasteiger partial charge in [0.2, 0.25) is 0 Å². The molecule has 3 heterocycles. The highest BCUT2D eigenvalue weighted by atomic mass is 32.1. The highest BCUT2D eigenvalue weighted by molar-refractivity contribution is 7.19. The molecule has 1 aromatic carbocycles. The van der Waals surface area contributed by atoms with Crippen molar-refractivity contribution in [3.05, 3.63) is 46.9 Å². The summed E-state index contributed by atoms with van der Waals surface area (Å²) in [5.41, 5.74) is 2.90. The first-order chi connectivity index (χ1) is 11.7. The van der Waals surface area contributed by atoms with Gasteiger partial charge >= 0.3 is 0 Å². The molecule has 5 rings (SSSR count). The highest BCUT2D eigenvalue weighted by Crippen LogP contribution is 2.42. The Balaban J connectivity index is 1.80. The van der Waals surface area contributed by atoms with Crippen LogP contribution < -0.4 is 0 Å². The molecule has 120 valence electrons. The van der Waals surface area contributed by atoms with Crippen molar-refractivity contribution in [1.29, 1.82) is 0 Å². The van der Waals surface area contributed by atoms with Crippen molar-refractivity contribution < 1.29 is 4.39 Å². The third kappa shape index (κ3) is 1.99. The number of benzene rings is 1. The maximum absolute atomic E-state index is 13.5. The molecule has 0 N–H and O–H groups in total. The number of hydrogen-bond donors (Lipinski definition) is 0. The van der Waals surface area contributed by atoms with Crippen LogP contribution in [-0.4, -0.2) is 19.6 Å². The molecule has 0 saturated carbocycles. The summed E-state index contributed by atoms with van der Waals surface area (Å²) in [6, 6.07) is 6.40. The van der Waals surface area contributed by atoms with E-state index in [-0.39, 0.29) is 5.82 Å². The van der Waals surface area contributed by atoms with Gasteiger partial charge in [-0.05, 0) is 42.9 Å². The fraction of sp³-hybridized carbons (Fsp3) is 0.278. The third-order valence-corrected chi connectivity index (χ3v) is 5.93. The summed E-state index contributed by atoms with van der Waals surface area (Å²) in [6.07, 6.45) is 5.26. The standard InChI is InChI=1S/C18H15FN4S/c1-10-4-2-7-13-14(10)15-17-21-16(11-5-3-6-12(19)8-11)22-23(17)9-20-18(15)24-13/h3,5-6,8-10H,2,4,7H2,1H3/t10-/m0/s1. The normalized spacial score (nSPS) is 17.5. The number of aromatic nitrogens is 4. The van der Waals surface area contributed by atoms with Crippen LogP contribution >= 0.6 is 11.3 Å². The van der Waals surface area contributed by atoms with E-state index >= 15 is 0 Å². The molecule has 24 heavy (non-hydrogen) atoms. The Bertz CT molecular complexity index is 1080. The molecule has 4 aromatic rings. The third-order valence-electron chi connectivity index (χ3n) is 4.76. The van der Waals surface area contributed by atoms with Gasteiger partial charge in [0, 0.05) is 10.4 Å². The number of rotatable bonds is 1. The van der Waals surface area contributed by atoms with Gasteiger partial charge in [0.25, 0.3) is 0 Å². The number of halogens is 1. The van der Waals surface area contributed by atoms with Crippen molar-refractivity contribution >= 4 is 27.2 Å². The van der Waals surface area contributed by atoms with Crippen molar-refractivity contribution in [1.82, 2.24) is 19.6 Å². The summed E-state index contributed by atoms with van der Waals surface area (Å²) in [4.78, 5) is 11.8. The Kier molecular flexibility index (Phi) is 2.97. The lowest BCUT2D eigenvalue weighted by Crippen LogP contribution is -2.04. The summed E-state index contributed by atoms with van der Waals surface area (Å²) in [5.74, 6) is 0.771. The summed E-state index contributed by atoms with van der Waals surface area (Å²) >= 11 is 1.77. The van der Waals surface area contributed by atoms with Gasteiger partial charge < -0.3 is 0 Å². The molecule has 0 saturated heterocycles. The van der Waals surface area contributed by atoms with Crippen molar-refractivity contribution in [2.45, 2.75) is 32.1 Å². The molecule has 1 atom stereocenters. The fourth-order valence-electron chi connectivity index (χ4n) is 3.64. The van der Waals surface area contributed by atoms with Gasteiger partial charge in [0.15, 0.2) is 11.5 Å². The smallest absolute Gasteiger partial charge is 0.182 e. The van der Waals surface area contributed by atoms with Crippen molar-refractivity contribution in [3.63, 3.8) is 0 Å². The number of fused-ring (bicyclic) bond motifs is 5. The molecule has 3 aromatic heterocycles. The molecule has 0 radical (unpaired) electrons. The van der Waals surface area contributed by atoms with Crippen LogP contribution in [0, 0.1) is 5.82 Å². The van der Waals surface area contributed by atoms with E-state index in [9.17, 15) is 4.39 Å². The Labute approximate surface area is 142 Å². The Hall–Kier alpha value is -2.34. The van der Waals surface area contributed by atoms with Gasteiger partial charge in [-0.25, -0.2) is 18.9 Å². The van der Waals surface area contributed by atoms with Gasteiger partial charge in [-0.15, -0.1) is 16.4 Å². The maximum Gasteiger partial charge on any atom is 0.182 e. The summed E-state index contributed by atoms with van der Waals surface area (Å²) in [6.45, 7) is 2.28. The van der Waals surface area contributed by atoms with Gasteiger partial charge in [-0.3, -0.25) is 0 Å². The van der Waals surface area contributed by atoms with Crippen LogP contribution in [0.2, 0.25) is 0 Å². The first-order valence-corrected chi connectivity index (χ1v) is 8.95. The topological polar surface area (TPSA) is 43.1 Å². The van der Waals surface area contributed by atoms with E-state index in [1.54, 1.807) is 28.2 Å². The number of thiophene rings is 1. The minimum atomic E-state index is -0.281. The second kappa shape index (κ2) is 5.08. The molecule has 6 heteroatoms. The zero-order valence-electron chi connectivity index (χ0n) is 13.2. The quantitative estimate of drug-likeness (QED) is 0.510. The molecular formula is C18H15FN4S. The second-order valence-corrected chi connectivity index (χ2v) is 7.45. The van der Waals surface area contributed by atoms with Gasteiger partial charge in [-0.1, -0.05) is 19.1 Å². The first-order valence-electron chi connectivity index (χ1n) is 8.13. The Morgan fingerprint density at radius 2 is 2.25 bits per heavy atom. The molecule has 0 aliphatic heterocycles. The minimum Gasteiger partial charge on any atom is -0.225 e. The van der Waals surface area contributed by atoms with Crippen LogP contribution in [0.5, 0.6) is 0 Å². The summed E-state index contributed by atoms with van der Waals surface area (Å²) < 4.78 is 15.2. The maximum atomic E-state index is 13.5. The zero-order valence-corrected chi connectivity index (χ0v) is 14.0. The van der Waals surface area contributed by atoms with Crippen molar-refractivity contribution in [3.8, 4) is 11.4 Å². The Morgan fingerprint density at radius 3 is 3.12 bits per heavy atom. The lowest BCUT2D eigenvalue weighted by atomic mass is 9.87. The molecule has 0 fully saturated rings. The van der Waals surface area contributed by atoms with Crippen LogP contribution in [0.3, 0.4) is 0 Å². The van der Waals surface area contributed by atoms with E-state index in [2.05, 4.69) is 17.0 Å². The number of aryl methyl sites for hydroxylation is 1. The first kappa shape index (κ1) is 14.0. The summed E-state index contributed by atoms with van der Waals surface area (Å²) in [7, 11) is 0. The van der Waals surface area contributed by atoms with Crippen LogP contribution in [0.15, 0.2) is 30.6 Å². The van der Waals surface area contributed by atoms with Crippen LogP contribution in [0.4, 0.5) is 4.39 Å². The summed E-state index contributed by atoms with van der Waals surface area (Å²) in [5, 5.41) is 5.63. The minimum absolute atomic E-state index is 0.281. The van der Waals surface area contributed by atoms with Crippen LogP contribution in [0.25, 0.3) is 27.3 Å². The van der Waals surface area contributed by atoms with Gasteiger partial charge in [-0.2, -0.15) is 0 Å². The van der Waals surface area contributed by atoms with Gasteiger partial charge in [0.1, 0.15) is 17.0 Å². The van der Waals surface area contributed by atoms with E-state index in [4.69, 9.17) is 4.98 Å². The van der Waals surface area contributed by atoms with Crippen molar-refractivity contribution in [2.24, 2.45) is 0 Å². The fourth-order valence-corrected chi connectivity index (χ4v) is 4.93. The molecule has 1 aliphatic rings. The predicted molar refractivity (Wildman–Crippen MR) is 92.9 cm³/mol. The molecule has 1 aliphatic carbocycles. The van der Waals surface area contributed by atoms with Crippen LogP contribution in [-0.2, 0) is 6.42 Å². The molecule has 0 amide bonds. The van der Waals surface area contributed by atoms with Gasteiger partial charge in [0.05, 0.1) is 5.39 Å². The highest BCUT2D eigenvalue weighted by Gasteiger charge is 2.25. The Morgan fingerprint density at radius 1 is 1.33 bits per heavy atom. The van der Waals surface area contributed by atoms with Crippen molar-refractivity contribution in [2.75, 3.05) is 0 Å². The molecule has 4 nitrogen and oxygen atoms in total. The monoisotopic (exact) mass is 338 g/mol. The van der Waals surface area contributed by atoms with E-state index in [0.717, 1.165) is 22.3 Å². The number of nitrogens with zero attached hydrogens (tertiary/aromatic N) is 4. The van der Waals surface area contributed by atoms with Crippen LogP contribution in [0.1, 0.15) is 36.1 Å². The second-order valence-electron chi connectivity index (χ2n) is 6.37. The van der Waals surface area contributed by atoms with E-state index < -0.39 is 0 Å². The zero-order chi connectivity index (χ0) is 16.3. The van der Waals surface area contributed by atoms with E-state index in [1.807, 2.05) is 6.07 Å². The SMILES string of the molecule is C[C@H]1CCCc2sc3ncn4nc(-c5cccc(F)c5)nc4c3c21. The molecular weight excluding hydrogens is 323 g/mol. The molecule has 0 bridgehead atoms. The number of hydrogen-bond acceptors (Lipinski definition) is 4. The average molecular weight is 338 g/mol. The lowest BCUT2D eigenvalue weighted by molar-refractivity contribution is 0.602. The van der Waals surface area contributed by atoms with E-state index in [1.165, 1.54) is 35.4 Å². The predicted octanol–water partition coefficient (Wildman–Crippen LogP) is 4.58. The molecule has 0 spiro atoms. The van der Waals surface area contributed by atoms with E-state index in [0.29, 0.717) is 17.3 Å². The molecule has 0 unspecified atom stereocenters. The largest absolute Gasteiger partial charge is 0.225 e. The lowest BCUT2D eigenvalue weighted by Gasteiger charge is -2.18. The average Bonchev–Trinajstić information content (AvgIpc) is 3.16.